The SMILES string of the molecule is CCCCCCCCCCCCCCCC1CCCC(N(C)C)C1. The molecule has 0 aromatic rings. The Morgan fingerprint density at radius 2 is 1.17 bits per heavy atom. The van der Waals surface area contributed by atoms with Crippen LogP contribution in [-0.2, 0) is 0 Å². The molecule has 0 N–H and O–H groups in total. The molecule has 0 saturated heterocycles. The third kappa shape index (κ3) is 11.5. The molecule has 0 heterocycles. The Labute approximate surface area is 154 Å². The molecule has 1 rings (SSSR count). The average Bonchev–Trinajstić information content (AvgIpc) is 2.59. The van der Waals surface area contributed by atoms with Crippen molar-refractivity contribution in [1.29, 1.82) is 0 Å². The van der Waals surface area contributed by atoms with Gasteiger partial charge in [-0.05, 0) is 32.9 Å². The van der Waals surface area contributed by atoms with E-state index < -0.39 is 0 Å². The van der Waals surface area contributed by atoms with E-state index in [1.807, 2.05) is 0 Å². The molecular weight excluding hydrogens is 290 g/mol. The van der Waals surface area contributed by atoms with Crippen molar-refractivity contribution in [2.45, 2.75) is 129 Å². The first kappa shape index (κ1) is 22.0. The fourth-order valence-electron chi connectivity index (χ4n) is 4.44. The van der Waals surface area contributed by atoms with Crippen molar-refractivity contribution in [2.75, 3.05) is 14.1 Å². The molecule has 24 heavy (non-hydrogen) atoms. The standard InChI is InChI=1S/C23H47N/c1-4-5-6-7-8-9-10-11-12-13-14-15-16-18-22-19-17-20-23(21-22)24(2)3/h22-23H,4-21H2,1-3H3. The molecule has 1 aliphatic carbocycles. The molecule has 1 nitrogen and oxygen atoms in total. The molecule has 1 heteroatoms. The van der Waals surface area contributed by atoms with Crippen LogP contribution in [0.2, 0.25) is 0 Å². The number of hydrogen-bond acceptors (Lipinski definition) is 1. The lowest BCUT2D eigenvalue weighted by molar-refractivity contribution is 0.178. The second-order valence-corrected chi connectivity index (χ2v) is 8.68. The van der Waals surface area contributed by atoms with E-state index in [0.29, 0.717) is 0 Å². The van der Waals surface area contributed by atoms with Crippen LogP contribution in [0.25, 0.3) is 0 Å². The second-order valence-electron chi connectivity index (χ2n) is 8.68. The van der Waals surface area contributed by atoms with Gasteiger partial charge in [0.05, 0.1) is 0 Å². The maximum Gasteiger partial charge on any atom is 0.00918 e. The van der Waals surface area contributed by atoms with E-state index >= 15 is 0 Å². The number of unbranched alkanes of at least 4 members (excludes halogenated alkanes) is 12. The summed E-state index contributed by atoms with van der Waals surface area (Å²) in [5.41, 5.74) is 0. The highest BCUT2D eigenvalue weighted by molar-refractivity contribution is 4.77. The minimum Gasteiger partial charge on any atom is -0.306 e. The van der Waals surface area contributed by atoms with Gasteiger partial charge >= 0.3 is 0 Å². The summed E-state index contributed by atoms with van der Waals surface area (Å²) in [7, 11) is 4.52. The van der Waals surface area contributed by atoms with E-state index in [4.69, 9.17) is 0 Å². The van der Waals surface area contributed by atoms with Crippen LogP contribution in [0.4, 0.5) is 0 Å². The zero-order valence-corrected chi connectivity index (χ0v) is 17.3. The summed E-state index contributed by atoms with van der Waals surface area (Å²) in [6.45, 7) is 2.30. The normalized spacial score (nSPS) is 21.5. The Hall–Kier alpha value is -0.0400. The van der Waals surface area contributed by atoms with Crippen LogP contribution in [0.5, 0.6) is 0 Å². The topological polar surface area (TPSA) is 3.24 Å². The predicted molar refractivity (Wildman–Crippen MR) is 110 cm³/mol. The Balaban J connectivity index is 1.80. The van der Waals surface area contributed by atoms with Crippen LogP contribution in [0.15, 0.2) is 0 Å². The van der Waals surface area contributed by atoms with Gasteiger partial charge in [0.1, 0.15) is 0 Å². The lowest BCUT2D eigenvalue weighted by Gasteiger charge is -2.33. The lowest BCUT2D eigenvalue weighted by Crippen LogP contribution is -2.33. The van der Waals surface area contributed by atoms with Gasteiger partial charge in [-0.3, -0.25) is 0 Å². The molecule has 1 fully saturated rings. The maximum absolute atomic E-state index is 2.45. The van der Waals surface area contributed by atoms with E-state index in [1.54, 1.807) is 0 Å². The van der Waals surface area contributed by atoms with Crippen molar-refractivity contribution >= 4 is 0 Å². The number of nitrogens with zero attached hydrogens (tertiary/aromatic N) is 1. The number of hydrogen-bond donors (Lipinski definition) is 0. The molecule has 144 valence electrons. The molecule has 2 unspecified atom stereocenters. The van der Waals surface area contributed by atoms with Gasteiger partial charge in [-0.15, -0.1) is 0 Å². The van der Waals surface area contributed by atoms with Crippen molar-refractivity contribution in [2.24, 2.45) is 5.92 Å². The minimum atomic E-state index is 0.866. The summed E-state index contributed by atoms with van der Waals surface area (Å²) in [6, 6.07) is 0.866. The van der Waals surface area contributed by atoms with Crippen molar-refractivity contribution < 1.29 is 0 Å². The van der Waals surface area contributed by atoms with E-state index in [2.05, 4.69) is 25.9 Å². The molecule has 0 aliphatic heterocycles. The first-order chi connectivity index (χ1) is 11.7. The van der Waals surface area contributed by atoms with E-state index in [9.17, 15) is 0 Å². The smallest absolute Gasteiger partial charge is 0.00918 e. The van der Waals surface area contributed by atoms with E-state index in [0.717, 1.165) is 12.0 Å². The van der Waals surface area contributed by atoms with Crippen molar-refractivity contribution in [3.63, 3.8) is 0 Å². The molecule has 0 bridgehead atoms. The average molecular weight is 338 g/mol. The van der Waals surface area contributed by atoms with Gasteiger partial charge in [0, 0.05) is 6.04 Å². The maximum atomic E-state index is 2.45. The van der Waals surface area contributed by atoms with E-state index in [1.165, 1.54) is 116 Å². The second kappa shape index (κ2) is 15.2. The lowest BCUT2D eigenvalue weighted by atomic mass is 9.82. The predicted octanol–water partition coefficient (Wildman–Crippen LogP) is 7.59. The van der Waals surface area contributed by atoms with Crippen LogP contribution < -0.4 is 0 Å². The zero-order valence-electron chi connectivity index (χ0n) is 17.3. The van der Waals surface area contributed by atoms with Crippen molar-refractivity contribution in [1.82, 2.24) is 4.90 Å². The largest absolute Gasteiger partial charge is 0.306 e. The third-order valence-corrected chi connectivity index (χ3v) is 6.20. The molecular formula is C23H47N. The van der Waals surface area contributed by atoms with Crippen LogP contribution in [0, 0.1) is 5.92 Å². The molecule has 0 radical (unpaired) electrons. The van der Waals surface area contributed by atoms with Gasteiger partial charge in [-0.2, -0.15) is 0 Å². The number of rotatable bonds is 15. The van der Waals surface area contributed by atoms with Gasteiger partial charge < -0.3 is 4.90 Å². The molecule has 0 aromatic heterocycles. The van der Waals surface area contributed by atoms with Crippen molar-refractivity contribution in [3.05, 3.63) is 0 Å². The highest BCUT2D eigenvalue weighted by Gasteiger charge is 2.22. The summed E-state index contributed by atoms with van der Waals surface area (Å²) in [4.78, 5) is 2.45. The first-order valence-electron chi connectivity index (χ1n) is 11.4. The van der Waals surface area contributed by atoms with Crippen molar-refractivity contribution in [3.8, 4) is 0 Å². The third-order valence-electron chi connectivity index (χ3n) is 6.20. The van der Waals surface area contributed by atoms with Gasteiger partial charge in [0.2, 0.25) is 0 Å². The van der Waals surface area contributed by atoms with Gasteiger partial charge in [0.15, 0.2) is 0 Å². The van der Waals surface area contributed by atoms with Crippen LogP contribution in [-0.4, -0.2) is 25.0 Å². The summed E-state index contributed by atoms with van der Waals surface area (Å²) in [5, 5.41) is 0. The Bertz CT molecular complexity index is 261. The monoisotopic (exact) mass is 337 g/mol. The molecule has 2 atom stereocenters. The Kier molecular flexibility index (Phi) is 14.0. The summed E-state index contributed by atoms with van der Waals surface area (Å²) in [6.07, 6.45) is 26.5. The highest BCUT2D eigenvalue weighted by Crippen LogP contribution is 2.30. The van der Waals surface area contributed by atoms with Gasteiger partial charge in [0.25, 0.3) is 0 Å². The van der Waals surface area contributed by atoms with E-state index in [-0.39, 0.29) is 0 Å². The molecule has 1 saturated carbocycles. The molecule has 0 aromatic carbocycles. The van der Waals surface area contributed by atoms with Gasteiger partial charge in [-0.25, -0.2) is 0 Å². The molecule has 0 spiro atoms. The minimum absolute atomic E-state index is 0.866. The zero-order chi connectivity index (χ0) is 17.5. The molecule has 1 aliphatic rings. The Morgan fingerprint density at radius 1 is 0.667 bits per heavy atom. The highest BCUT2D eigenvalue weighted by atomic mass is 15.1. The summed E-state index contributed by atoms with van der Waals surface area (Å²) < 4.78 is 0. The summed E-state index contributed by atoms with van der Waals surface area (Å²) in [5.74, 6) is 1.03. The quantitative estimate of drug-likeness (QED) is 0.278. The van der Waals surface area contributed by atoms with Crippen LogP contribution >= 0.6 is 0 Å². The van der Waals surface area contributed by atoms with Crippen LogP contribution in [0.1, 0.15) is 122 Å². The Morgan fingerprint density at radius 3 is 1.67 bits per heavy atom. The summed E-state index contributed by atoms with van der Waals surface area (Å²) >= 11 is 0. The first-order valence-corrected chi connectivity index (χ1v) is 11.4. The van der Waals surface area contributed by atoms with Crippen LogP contribution in [0.3, 0.4) is 0 Å². The van der Waals surface area contributed by atoms with Gasteiger partial charge in [-0.1, -0.05) is 110 Å². The molecule has 0 amide bonds. The fraction of sp³-hybridized carbons (Fsp3) is 1.00. The fourth-order valence-corrected chi connectivity index (χ4v) is 4.44.